The van der Waals surface area contributed by atoms with Crippen LogP contribution in [0.3, 0.4) is 0 Å². The molecule has 0 fully saturated rings. The van der Waals surface area contributed by atoms with E-state index in [1.807, 2.05) is 6.07 Å². The highest BCUT2D eigenvalue weighted by Crippen LogP contribution is 2.26. The zero-order valence-electron chi connectivity index (χ0n) is 7.80. The molecule has 4 nitrogen and oxygen atoms in total. The molecule has 1 heterocycles. The average molecular weight is 213 g/mol. The van der Waals surface area contributed by atoms with Gasteiger partial charge in [-0.3, -0.25) is 4.79 Å². The number of nitriles is 1. The van der Waals surface area contributed by atoms with Crippen LogP contribution in [0.5, 0.6) is 0 Å². The van der Waals surface area contributed by atoms with E-state index >= 15 is 0 Å². The molecule has 1 N–H and O–H groups in total. The van der Waals surface area contributed by atoms with Gasteiger partial charge in [-0.1, -0.05) is 11.6 Å². The van der Waals surface area contributed by atoms with Crippen molar-refractivity contribution in [1.82, 2.24) is 5.32 Å². The van der Waals surface area contributed by atoms with Gasteiger partial charge < -0.3 is 10.1 Å². The smallest absolute Gasteiger partial charge is 0.309 e. The quantitative estimate of drug-likeness (QED) is 0.406. The fourth-order valence-electron chi connectivity index (χ4n) is 1.01. The van der Waals surface area contributed by atoms with Gasteiger partial charge in [0, 0.05) is 6.92 Å². The molecule has 1 unspecified atom stereocenters. The number of rotatable bonds is 1. The Morgan fingerprint density at radius 1 is 1.71 bits per heavy atom. The van der Waals surface area contributed by atoms with E-state index in [2.05, 4.69) is 5.32 Å². The molecule has 1 atom stereocenters. The minimum Gasteiger partial charge on any atom is -0.410 e. The summed E-state index contributed by atoms with van der Waals surface area (Å²) in [6.07, 6.45) is 3.01. The Morgan fingerprint density at radius 3 is 2.79 bits per heavy atom. The predicted octanol–water partition coefficient (Wildman–Crippen LogP) is 1.40. The fourth-order valence-corrected chi connectivity index (χ4v) is 1.21. The summed E-state index contributed by atoms with van der Waals surface area (Å²) in [5, 5.41) is 11.4. The molecule has 0 saturated heterocycles. The third-order valence-corrected chi connectivity index (χ3v) is 1.94. The largest absolute Gasteiger partial charge is 0.410 e. The van der Waals surface area contributed by atoms with Crippen LogP contribution in [0.4, 0.5) is 0 Å². The zero-order chi connectivity index (χ0) is 10.8. The minimum absolute atomic E-state index is 0.244. The number of dihydropyridines is 1. The van der Waals surface area contributed by atoms with E-state index in [1.165, 1.54) is 19.1 Å². The fraction of sp³-hybridized carbons (Fsp3) is 0.333. The third kappa shape index (κ3) is 2.27. The van der Waals surface area contributed by atoms with Gasteiger partial charge in [0.25, 0.3) is 0 Å². The molecule has 0 spiro atoms. The van der Waals surface area contributed by atoms with Crippen molar-refractivity contribution in [3.05, 3.63) is 23.6 Å². The van der Waals surface area contributed by atoms with Gasteiger partial charge in [-0.05, 0) is 19.1 Å². The Kier molecular flexibility index (Phi) is 2.82. The molecule has 1 aliphatic rings. The summed E-state index contributed by atoms with van der Waals surface area (Å²) in [5.74, 6) is -0.195. The van der Waals surface area contributed by atoms with Crippen LogP contribution in [0.15, 0.2) is 23.6 Å². The van der Waals surface area contributed by atoms with Gasteiger partial charge in [0.15, 0.2) is 5.88 Å². The first-order valence-corrected chi connectivity index (χ1v) is 4.31. The molecule has 0 aromatic rings. The van der Waals surface area contributed by atoms with Crippen LogP contribution in [0.25, 0.3) is 0 Å². The third-order valence-electron chi connectivity index (χ3n) is 1.64. The monoisotopic (exact) mass is 212 g/mol. The second-order valence-corrected chi connectivity index (χ2v) is 3.70. The van der Waals surface area contributed by atoms with Crippen LogP contribution >= 0.6 is 11.6 Å². The van der Waals surface area contributed by atoms with Crippen molar-refractivity contribution in [2.75, 3.05) is 0 Å². The molecule has 0 aliphatic carbocycles. The van der Waals surface area contributed by atoms with Gasteiger partial charge in [-0.25, -0.2) is 0 Å². The Balaban J connectivity index is 2.88. The summed E-state index contributed by atoms with van der Waals surface area (Å²) in [4.78, 5) is 9.62. The summed E-state index contributed by atoms with van der Waals surface area (Å²) in [7, 11) is 0. The number of hydrogen-bond acceptors (Lipinski definition) is 4. The van der Waals surface area contributed by atoms with Crippen molar-refractivity contribution in [1.29, 1.82) is 5.26 Å². The first kappa shape index (κ1) is 10.6. The van der Waals surface area contributed by atoms with Crippen molar-refractivity contribution >= 4 is 17.6 Å². The van der Waals surface area contributed by atoms with Crippen molar-refractivity contribution < 1.29 is 9.53 Å². The van der Waals surface area contributed by atoms with Crippen LogP contribution in [0.2, 0.25) is 0 Å². The maximum atomic E-state index is 10.6. The van der Waals surface area contributed by atoms with Gasteiger partial charge in [-0.15, -0.1) is 0 Å². The van der Waals surface area contributed by atoms with Crippen molar-refractivity contribution in [2.45, 2.75) is 18.8 Å². The van der Waals surface area contributed by atoms with Crippen LogP contribution in [-0.4, -0.2) is 11.0 Å². The lowest BCUT2D eigenvalue weighted by molar-refractivity contribution is -0.137. The maximum Gasteiger partial charge on any atom is 0.309 e. The molecule has 0 bridgehead atoms. The number of ether oxygens (including phenoxy) is 1. The second-order valence-electron chi connectivity index (χ2n) is 2.94. The SMILES string of the molecule is CC(=O)OC1=CC=C(C#N)C(C)(Cl)N1. The maximum absolute atomic E-state index is 10.6. The van der Waals surface area contributed by atoms with E-state index in [1.54, 1.807) is 6.92 Å². The highest BCUT2D eigenvalue weighted by Gasteiger charge is 2.30. The number of carbonyl (C=O) groups excluding carboxylic acids is 1. The van der Waals surface area contributed by atoms with Gasteiger partial charge in [0.1, 0.15) is 5.00 Å². The van der Waals surface area contributed by atoms with Gasteiger partial charge in [-0.2, -0.15) is 5.26 Å². The summed E-state index contributed by atoms with van der Waals surface area (Å²) in [6.45, 7) is 2.90. The van der Waals surface area contributed by atoms with Crippen LogP contribution < -0.4 is 5.32 Å². The minimum atomic E-state index is -1.02. The molecule has 0 aromatic heterocycles. The number of carbonyl (C=O) groups is 1. The Labute approximate surface area is 86.8 Å². The van der Waals surface area contributed by atoms with E-state index in [0.717, 1.165) is 0 Å². The molecule has 1 rings (SSSR count). The lowest BCUT2D eigenvalue weighted by Crippen LogP contribution is -2.40. The van der Waals surface area contributed by atoms with E-state index < -0.39 is 11.0 Å². The highest BCUT2D eigenvalue weighted by atomic mass is 35.5. The van der Waals surface area contributed by atoms with Crippen LogP contribution in [0, 0.1) is 11.3 Å². The lowest BCUT2D eigenvalue weighted by Gasteiger charge is -2.27. The number of nitrogens with one attached hydrogen (secondary N) is 1. The Hall–Kier alpha value is -1.47. The molecule has 0 saturated carbocycles. The topological polar surface area (TPSA) is 62.1 Å². The molecule has 0 aromatic carbocycles. The highest BCUT2D eigenvalue weighted by molar-refractivity contribution is 6.26. The number of halogens is 1. The normalized spacial score (nSPS) is 25.3. The number of hydrogen-bond donors (Lipinski definition) is 1. The van der Waals surface area contributed by atoms with Crippen LogP contribution in [0.1, 0.15) is 13.8 Å². The lowest BCUT2D eigenvalue weighted by atomic mass is 10.1. The van der Waals surface area contributed by atoms with Gasteiger partial charge in [0.2, 0.25) is 0 Å². The molecule has 14 heavy (non-hydrogen) atoms. The second kappa shape index (κ2) is 3.72. The predicted molar refractivity (Wildman–Crippen MR) is 50.9 cm³/mol. The standard InChI is InChI=1S/C9H9ClN2O2/c1-6(13)14-8-4-3-7(5-11)9(2,10)12-8/h3-4,12H,1-2H3. The van der Waals surface area contributed by atoms with Crippen molar-refractivity contribution in [3.63, 3.8) is 0 Å². The number of alkyl halides is 1. The molecule has 5 heteroatoms. The molecule has 1 aliphatic heterocycles. The van der Waals surface area contributed by atoms with E-state index in [-0.39, 0.29) is 5.88 Å². The Morgan fingerprint density at radius 2 is 2.36 bits per heavy atom. The summed E-state index contributed by atoms with van der Waals surface area (Å²) < 4.78 is 4.79. The number of esters is 1. The van der Waals surface area contributed by atoms with Crippen molar-refractivity contribution in [3.8, 4) is 6.07 Å². The summed E-state index contributed by atoms with van der Waals surface area (Å²) >= 11 is 5.98. The molecule has 0 radical (unpaired) electrons. The van der Waals surface area contributed by atoms with Crippen molar-refractivity contribution in [2.24, 2.45) is 0 Å². The molecule has 0 amide bonds. The van der Waals surface area contributed by atoms with Crippen LogP contribution in [-0.2, 0) is 9.53 Å². The van der Waals surface area contributed by atoms with Gasteiger partial charge in [0.05, 0.1) is 11.6 Å². The summed E-state index contributed by atoms with van der Waals surface area (Å²) in [5.41, 5.74) is 0.370. The van der Waals surface area contributed by atoms with E-state index in [4.69, 9.17) is 21.6 Å². The van der Waals surface area contributed by atoms with E-state index in [0.29, 0.717) is 5.57 Å². The number of allylic oxidation sites excluding steroid dienone is 2. The zero-order valence-corrected chi connectivity index (χ0v) is 8.55. The first-order chi connectivity index (χ1) is 6.45. The van der Waals surface area contributed by atoms with Gasteiger partial charge >= 0.3 is 5.97 Å². The Bertz CT molecular complexity index is 363. The molecular formula is C9H9ClN2O2. The molecule has 74 valence electrons. The average Bonchev–Trinajstić information content (AvgIpc) is 2.01. The first-order valence-electron chi connectivity index (χ1n) is 3.94. The number of nitrogens with zero attached hydrogens (tertiary/aromatic N) is 1. The molecular weight excluding hydrogens is 204 g/mol. The summed E-state index contributed by atoms with van der Waals surface area (Å²) in [6, 6.07) is 1.95. The van der Waals surface area contributed by atoms with E-state index in [9.17, 15) is 4.79 Å².